The van der Waals surface area contributed by atoms with Crippen LogP contribution in [0.2, 0.25) is 0 Å². The Morgan fingerprint density at radius 2 is 1.75 bits per heavy atom. The van der Waals surface area contributed by atoms with Gasteiger partial charge in [-0.25, -0.2) is 4.79 Å². The number of benzene rings is 2. The van der Waals surface area contributed by atoms with Crippen molar-refractivity contribution in [2.75, 3.05) is 6.54 Å². The molecule has 4 N–H and O–H groups in total. The number of carboxylic acids is 1. The van der Waals surface area contributed by atoms with Gasteiger partial charge in [-0.3, -0.25) is 4.79 Å². The standard InChI is InChI=1S/C26H28N2O3S/c1-15(2)12-28-25(29)18-6-8-21(23(10-18)26(30)31)20-7-5-17(9-22(20)16(3)4)24-14-32-13-19(24)11-27/h5-10,13-15H,3,11-12,27H2,1-2,4H3,(H,28,29)(H,30,31). The van der Waals surface area contributed by atoms with Crippen LogP contribution in [0.1, 0.15) is 52.6 Å². The molecule has 0 fully saturated rings. The van der Waals surface area contributed by atoms with Crippen molar-refractivity contribution in [1.82, 2.24) is 5.32 Å². The zero-order valence-corrected chi connectivity index (χ0v) is 19.4. The maximum Gasteiger partial charge on any atom is 0.336 e. The van der Waals surface area contributed by atoms with Crippen LogP contribution < -0.4 is 11.1 Å². The summed E-state index contributed by atoms with van der Waals surface area (Å²) in [4.78, 5) is 24.5. The molecule has 0 spiro atoms. The van der Waals surface area contributed by atoms with Gasteiger partial charge in [-0.1, -0.05) is 44.2 Å². The first-order chi connectivity index (χ1) is 15.2. The summed E-state index contributed by atoms with van der Waals surface area (Å²) in [6, 6.07) is 10.7. The molecule has 0 saturated carbocycles. The molecular formula is C26H28N2O3S. The second-order valence-electron chi connectivity index (χ2n) is 8.22. The van der Waals surface area contributed by atoms with E-state index in [-0.39, 0.29) is 11.5 Å². The lowest BCUT2D eigenvalue weighted by Gasteiger charge is -2.16. The van der Waals surface area contributed by atoms with Crippen molar-refractivity contribution in [2.24, 2.45) is 11.7 Å². The summed E-state index contributed by atoms with van der Waals surface area (Å²) in [5.74, 6) is -1.06. The Morgan fingerprint density at radius 1 is 1.06 bits per heavy atom. The largest absolute Gasteiger partial charge is 0.478 e. The van der Waals surface area contributed by atoms with E-state index in [1.54, 1.807) is 23.5 Å². The number of nitrogens with two attached hydrogens (primary N) is 1. The van der Waals surface area contributed by atoms with Crippen molar-refractivity contribution >= 4 is 28.8 Å². The molecular weight excluding hydrogens is 420 g/mol. The molecule has 5 nitrogen and oxygen atoms in total. The highest BCUT2D eigenvalue weighted by Gasteiger charge is 2.19. The number of amides is 1. The van der Waals surface area contributed by atoms with Gasteiger partial charge in [-0.2, -0.15) is 11.3 Å². The summed E-state index contributed by atoms with van der Waals surface area (Å²) in [5.41, 5.74) is 12.4. The molecule has 166 valence electrons. The molecule has 0 aliphatic carbocycles. The number of allylic oxidation sites excluding steroid dienone is 1. The number of aromatic carboxylic acids is 1. The van der Waals surface area contributed by atoms with Crippen LogP contribution >= 0.6 is 11.3 Å². The number of rotatable bonds is 8. The fourth-order valence-corrected chi connectivity index (χ4v) is 4.41. The van der Waals surface area contributed by atoms with Gasteiger partial charge in [0.2, 0.25) is 0 Å². The normalized spacial score (nSPS) is 10.9. The number of nitrogens with one attached hydrogen (secondary N) is 1. The predicted octanol–water partition coefficient (Wildman–Crippen LogP) is 5.66. The average molecular weight is 449 g/mol. The number of thiophene rings is 1. The zero-order chi connectivity index (χ0) is 23.4. The van der Waals surface area contributed by atoms with Crippen molar-refractivity contribution in [3.8, 4) is 22.3 Å². The topological polar surface area (TPSA) is 92.4 Å². The lowest BCUT2D eigenvalue weighted by Crippen LogP contribution is -2.27. The van der Waals surface area contributed by atoms with Crippen LogP contribution in [-0.2, 0) is 6.54 Å². The van der Waals surface area contributed by atoms with E-state index in [2.05, 4.69) is 17.3 Å². The van der Waals surface area contributed by atoms with Crippen molar-refractivity contribution in [1.29, 1.82) is 0 Å². The van der Waals surface area contributed by atoms with E-state index >= 15 is 0 Å². The number of hydrogen-bond donors (Lipinski definition) is 3. The molecule has 6 heteroatoms. The molecule has 0 aliphatic rings. The maximum absolute atomic E-state index is 12.5. The first-order valence-electron chi connectivity index (χ1n) is 10.4. The van der Waals surface area contributed by atoms with E-state index in [0.29, 0.717) is 30.1 Å². The molecule has 3 aromatic rings. The average Bonchev–Trinajstić information content (AvgIpc) is 3.25. The molecule has 1 amide bonds. The fraction of sp³-hybridized carbons (Fsp3) is 0.231. The molecule has 0 aliphatic heterocycles. The molecule has 32 heavy (non-hydrogen) atoms. The SMILES string of the molecule is C=C(C)c1cc(-c2cscc2CN)ccc1-c1ccc(C(=O)NCC(C)C)cc1C(=O)O. The Labute approximate surface area is 192 Å². The Bertz CT molecular complexity index is 1180. The third-order valence-electron chi connectivity index (χ3n) is 5.23. The Kier molecular flexibility index (Phi) is 7.28. The van der Waals surface area contributed by atoms with Gasteiger partial charge in [-0.15, -0.1) is 0 Å². The highest BCUT2D eigenvalue weighted by atomic mass is 32.1. The van der Waals surface area contributed by atoms with E-state index in [1.807, 2.05) is 44.4 Å². The van der Waals surface area contributed by atoms with Gasteiger partial charge in [0.15, 0.2) is 0 Å². The van der Waals surface area contributed by atoms with Gasteiger partial charge in [0, 0.05) is 18.7 Å². The van der Waals surface area contributed by atoms with Gasteiger partial charge >= 0.3 is 5.97 Å². The van der Waals surface area contributed by atoms with E-state index in [1.165, 1.54) is 6.07 Å². The highest BCUT2D eigenvalue weighted by Crippen LogP contribution is 2.36. The number of hydrogen-bond acceptors (Lipinski definition) is 4. The molecule has 0 saturated heterocycles. The summed E-state index contributed by atoms with van der Waals surface area (Å²) in [5, 5.41) is 16.8. The molecule has 0 atom stereocenters. The lowest BCUT2D eigenvalue weighted by molar-refractivity contribution is 0.0697. The van der Waals surface area contributed by atoms with E-state index in [0.717, 1.165) is 33.4 Å². The van der Waals surface area contributed by atoms with E-state index in [4.69, 9.17) is 5.73 Å². The second kappa shape index (κ2) is 9.94. The Balaban J connectivity index is 2.09. The van der Waals surface area contributed by atoms with Crippen LogP contribution in [0.5, 0.6) is 0 Å². The van der Waals surface area contributed by atoms with Gasteiger partial charge in [0.05, 0.1) is 5.56 Å². The molecule has 2 aromatic carbocycles. The first-order valence-corrected chi connectivity index (χ1v) is 11.4. The van der Waals surface area contributed by atoms with Gasteiger partial charge in [0.25, 0.3) is 5.91 Å². The van der Waals surface area contributed by atoms with Gasteiger partial charge in [0.1, 0.15) is 0 Å². The first kappa shape index (κ1) is 23.4. The summed E-state index contributed by atoms with van der Waals surface area (Å²) >= 11 is 1.60. The van der Waals surface area contributed by atoms with Crippen LogP contribution in [0.25, 0.3) is 27.8 Å². The molecule has 1 aromatic heterocycles. The van der Waals surface area contributed by atoms with Crippen molar-refractivity contribution in [2.45, 2.75) is 27.3 Å². The smallest absolute Gasteiger partial charge is 0.336 e. The zero-order valence-electron chi connectivity index (χ0n) is 18.6. The predicted molar refractivity (Wildman–Crippen MR) is 132 cm³/mol. The summed E-state index contributed by atoms with van der Waals surface area (Å²) < 4.78 is 0. The third-order valence-corrected chi connectivity index (χ3v) is 6.02. The Morgan fingerprint density at radius 3 is 2.38 bits per heavy atom. The van der Waals surface area contributed by atoms with Crippen LogP contribution in [0.3, 0.4) is 0 Å². The summed E-state index contributed by atoms with van der Waals surface area (Å²) in [6.45, 7) is 11.0. The summed E-state index contributed by atoms with van der Waals surface area (Å²) in [7, 11) is 0. The summed E-state index contributed by atoms with van der Waals surface area (Å²) in [6.07, 6.45) is 0. The van der Waals surface area contributed by atoms with E-state index < -0.39 is 5.97 Å². The van der Waals surface area contributed by atoms with Crippen LogP contribution in [-0.4, -0.2) is 23.5 Å². The minimum atomic E-state index is -1.08. The van der Waals surface area contributed by atoms with Crippen LogP contribution in [0, 0.1) is 5.92 Å². The molecule has 3 rings (SSSR count). The number of carbonyl (C=O) groups excluding carboxylic acids is 1. The van der Waals surface area contributed by atoms with Crippen LogP contribution in [0.4, 0.5) is 0 Å². The molecule has 0 radical (unpaired) electrons. The molecule has 0 unspecified atom stereocenters. The second-order valence-corrected chi connectivity index (χ2v) is 8.97. The minimum absolute atomic E-state index is 0.0793. The minimum Gasteiger partial charge on any atom is -0.478 e. The third kappa shape index (κ3) is 4.98. The quantitative estimate of drug-likeness (QED) is 0.415. The van der Waals surface area contributed by atoms with Gasteiger partial charge < -0.3 is 16.2 Å². The van der Waals surface area contributed by atoms with Gasteiger partial charge in [-0.05, 0) is 75.2 Å². The highest BCUT2D eigenvalue weighted by molar-refractivity contribution is 7.08. The number of carbonyl (C=O) groups is 2. The lowest BCUT2D eigenvalue weighted by atomic mass is 9.89. The monoisotopic (exact) mass is 448 g/mol. The Hall–Kier alpha value is -3.22. The van der Waals surface area contributed by atoms with Crippen molar-refractivity contribution < 1.29 is 14.7 Å². The molecule has 1 heterocycles. The fourth-order valence-electron chi connectivity index (χ4n) is 3.53. The number of carboxylic acid groups (broad SMARTS) is 1. The van der Waals surface area contributed by atoms with Crippen molar-refractivity contribution in [3.63, 3.8) is 0 Å². The molecule has 0 bridgehead atoms. The van der Waals surface area contributed by atoms with E-state index in [9.17, 15) is 14.7 Å². The van der Waals surface area contributed by atoms with Crippen molar-refractivity contribution in [3.05, 3.63) is 76.0 Å². The van der Waals surface area contributed by atoms with Crippen LogP contribution in [0.15, 0.2) is 53.7 Å². The maximum atomic E-state index is 12.5.